The van der Waals surface area contributed by atoms with Crippen LogP contribution >= 0.6 is 15.9 Å². The fourth-order valence-electron chi connectivity index (χ4n) is 2.62. The standard InChI is InChI=1S/C15H18BrN3O/c16-13-5-1-4-12(10-13)15-18-14(20-19-15)9-11-3-2-7-17-8-6-11/h1,4-5,10-11,17H,2-3,6-9H2. The summed E-state index contributed by atoms with van der Waals surface area (Å²) in [6.07, 6.45) is 4.55. The van der Waals surface area contributed by atoms with E-state index in [1.54, 1.807) is 0 Å². The molecule has 0 amide bonds. The van der Waals surface area contributed by atoms with E-state index < -0.39 is 0 Å². The highest BCUT2D eigenvalue weighted by Crippen LogP contribution is 2.23. The number of halogens is 1. The van der Waals surface area contributed by atoms with Crippen molar-refractivity contribution >= 4 is 15.9 Å². The van der Waals surface area contributed by atoms with Crippen molar-refractivity contribution in [1.82, 2.24) is 15.5 Å². The molecule has 0 spiro atoms. The zero-order chi connectivity index (χ0) is 13.8. The Morgan fingerprint density at radius 2 is 2.25 bits per heavy atom. The zero-order valence-corrected chi connectivity index (χ0v) is 12.9. The average molecular weight is 336 g/mol. The Kier molecular flexibility index (Phi) is 4.47. The minimum atomic E-state index is 0.654. The summed E-state index contributed by atoms with van der Waals surface area (Å²) >= 11 is 3.46. The van der Waals surface area contributed by atoms with Gasteiger partial charge in [-0.25, -0.2) is 0 Å². The third-order valence-electron chi connectivity index (χ3n) is 3.71. The first-order valence-corrected chi connectivity index (χ1v) is 7.90. The fraction of sp³-hybridized carbons (Fsp3) is 0.467. The molecule has 1 unspecified atom stereocenters. The Morgan fingerprint density at radius 3 is 3.15 bits per heavy atom. The van der Waals surface area contributed by atoms with Crippen LogP contribution in [0.3, 0.4) is 0 Å². The molecule has 0 bridgehead atoms. The van der Waals surface area contributed by atoms with E-state index in [-0.39, 0.29) is 0 Å². The lowest BCUT2D eigenvalue weighted by atomic mass is 9.97. The lowest BCUT2D eigenvalue weighted by Crippen LogP contribution is -2.14. The Balaban J connectivity index is 1.70. The molecule has 1 fully saturated rings. The van der Waals surface area contributed by atoms with Crippen LogP contribution in [0, 0.1) is 5.92 Å². The van der Waals surface area contributed by atoms with Gasteiger partial charge >= 0.3 is 0 Å². The molecule has 1 aliphatic heterocycles. The summed E-state index contributed by atoms with van der Waals surface area (Å²) in [5, 5.41) is 7.52. The molecule has 1 aromatic heterocycles. The van der Waals surface area contributed by atoms with Crippen LogP contribution < -0.4 is 5.32 Å². The van der Waals surface area contributed by atoms with Crippen molar-refractivity contribution in [1.29, 1.82) is 0 Å². The third kappa shape index (κ3) is 3.46. The number of benzene rings is 1. The van der Waals surface area contributed by atoms with Crippen molar-refractivity contribution < 1.29 is 4.52 Å². The van der Waals surface area contributed by atoms with E-state index in [1.165, 1.54) is 19.3 Å². The summed E-state index contributed by atoms with van der Waals surface area (Å²) in [5.41, 5.74) is 0.983. The highest BCUT2D eigenvalue weighted by molar-refractivity contribution is 9.10. The zero-order valence-electron chi connectivity index (χ0n) is 11.3. The van der Waals surface area contributed by atoms with Gasteiger partial charge in [-0.2, -0.15) is 4.98 Å². The molecule has 1 N–H and O–H groups in total. The first-order valence-electron chi connectivity index (χ1n) is 7.10. The van der Waals surface area contributed by atoms with E-state index in [1.807, 2.05) is 24.3 Å². The van der Waals surface area contributed by atoms with Crippen LogP contribution in [0.2, 0.25) is 0 Å². The van der Waals surface area contributed by atoms with Gasteiger partial charge in [0.25, 0.3) is 0 Å². The quantitative estimate of drug-likeness (QED) is 0.933. The molecule has 1 atom stereocenters. The van der Waals surface area contributed by atoms with E-state index in [2.05, 4.69) is 31.4 Å². The highest BCUT2D eigenvalue weighted by Gasteiger charge is 2.17. The topological polar surface area (TPSA) is 51.0 Å². The van der Waals surface area contributed by atoms with Crippen LogP contribution in [-0.4, -0.2) is 23.2 Å². The second-order valence-corrected chi connectivity index (χ2v) is 6.19. The molecular weight excluding hydrogens is 318 g/mol. The molecule has 4 nitrogen and oxygen atoms in total. The smallest absolute Gasteiger partial charge is 0.227 e. The van der Waals surface area contributed by atoms with E-state index in [0.29, 0.717) is 11.7 Å². The highest BCUT2D eigenvalue weighted by atomic mass is 79.9. The second kappa shape index (κ2) is 6.50. The Labute approximate surface area is 127 Å². The predicted octanol–water partition coefficient (Wildman–Crippen LogP) is 3.43. The molecule has 2 heterocycles. The Hall–Kier alpha value is -1.20. The van der Waals surface area contributed by atoms with Gasteiger partial charge in [0.05, 0.1) is 0 Å². The number of hydrogen-bond acceptors (Lipinski definition) is 4. The number of hydrogen-bond donors (Lipinski definition) is 1. The Bertz CT molecular complexity index is 562. The maximum Gasteiger partial charge on any atom is 0.227 e. The second-order valence-electron chi connectivity index (χ2n) is 5.27. The molecule has 3 rings (SSSR count). The minimum Gasteiger partial charge on any atom is -0.339 e. The van der Waals surface area contributed by atoms with Crippen molar-refractivity contribution in [3.05, 3.63) is 34.6 Å². The van der Waals surface area contributed by atoms with Crippen LogP contribution in [0.4, 0.5) is 0 Å². The number of nitrogens with one attached hydrogen (secondary N) is 1. The van der Waals surface area contributed by atoms with Crippen LogP contribution in [-0.2, 0) is 6.42 Å². The fourth-order valence-corrected chi connectivity index (χ4v) is 3.02. The molecule has 5 heteroatoms. The van der Waals surface area contributed by atoms with Gasteiger partial charge < -0.3 is 9.84 Å². The number of aromatic nitrogens is 2. The van der Waals surface area contributed by atoms with Crippen molar-refractivity contribution in [3.8, 4) is 11.4 Å². The molecular formula is C15H18BrN3O. The van der Waals surface area contributed by atoms with Gasteiger partial charge in [-0.3, -0.25) is 0 Å². The van der Waals surface area contributed by atoms with Gasteiger partial charge in [0, 0.05) is 16.5 Å². The monoisotopic (exact) mass is 335 g/mol. The molecule has 2 aromatic rings. The molecule has 1 aliphatic rings. The van der Waals surface area contributed by atoms with Crippen LogP contribution in [0.1, 0.15) is 25.2 Å². The van der Waals surface area contributed by atoms with Crippen LogP contribution in [0.25, 0.3) is 11.4 Å². The van der Waals surface area contributed by atoms with Crippen molar-refractivity contribution in [2.75, 3.05) is 13.1 Å². The summed E-state index contributed by atoms with van der Waals surface area (Å²) in [7, 11) is 0. The van der Waals surface area contributed by atoms with Gasteiger partial charge in [-0.1, -0.05) is 33.2 Å². The van der Waals surface area contributed by atoms with Crippen molar-refractivity contribution in [2.24, 2.45) is 5.92 Å². The summed E-state index contributed by atoms with van der Waals surface area (Å²) in [4.78, 5) is 4.53. The van der Waals surface area contributed by atoms with E-state index in [9.17, 15) is 0 Å². The SMILES string of the molecule is Brc1cccc(-c2noc(CC3CCCNCC3)n2)c1. The molecule has 0 aliphatic carbocycles. The first-order chi connectivity index (χ1) is 9.81. The molecule has 0 radical (unpaired) electrons. The van der Waals surface area contributed by atoms with Crippen molar-refractivity contribution in [2.45, 2.75) is 25.7 Å². The molecule has 106 valence electrons. The van der Waals surface area contributed by atoms with Gasteiger partial charge in [-0.15, -0.1) is 0 Å². The van der Waals surface area contributed by atoms with Gasteiger partial charge in [0.15, 0.2) is 0 Å². The molecule has 1 saturated heterocycles. The first kappa shape index (κ1) is 13.8. The predicted molar refractivity (Wildman–Crippen MR) is 81.3 cm³/mol. The van der Waals surface area contributed by atoms with Crippen LogP contribution in [0.5, 0.6) is 0 Å². The number of nitrogens with zero attached hydrogens (tertiary/aromatic N) is 2. The number of rotatable bonds is 3. The van der Waals surface area contributed by atoms with Gasteiger partial charge in [0.2, 0.25) is 11.7 Å². The summed E-state index contributed by atoms with van der Waals surface area (Å²) < 4.78 is 6.43. The lowest BCUT2D eigenvalue weighted by Gasteiger charge is -2.09. The lowest BCUT2D eigenvalue weighted by molar-refractivity contribution is 0.341. The maximum absolute atomic E-state index is 5.41. The largest absolute Gasteiger partial charge is 0.339 e. The van der Waals surface area contributed by atoms with E-state index in [0.717, 1.165) is 35.4 Å². The van der Waals surface area contributed by atoms with Gasteiger partial charge in [0.1, 0.15) is 0 Å². The maximum atomic E-state index is 5.41. The van der Waals surface area contributed by atoms with Gasteiger partial charge in [-0.05, 0) is 50.4 Å². The normalized spacial score (nSPS) is 19.8. The average Bonchev–Trinajstić information content (AvgIpc) is 2.75. The summed E-state index contributed by atoms with van der Waals surface area (Å²) in [6.45, 7) is 2.22. The molecule has 20 heavy (non-hydrogen) atoms. The summed E-state index contributed by atoms with van der Waals surface area (Å²) in [5.74, 6) is 2.08. The third-order valence-corrected chi connectivity index (χ3v) is 4.20. The van der Waals surface area contributed by atoms with E-state index in [4.69, 9.17) is 4.52 Å². The summed E-state index contributed by atoms with van der Waals surface area (Å²) in [6, 6.07) is 7.97. The van der Waals surface area contributed by atoms with Crippen molar-refractivity contribution in [3.63, 3.8) is 0 Å². The minimum absolute atomic E-state index is 0.654. The Morgan fingerprint density at radius 1 is 1.30 bits per heavy atom. The molecule has 0 saturated carbocycles. The van der Waals surface area contributed by atoms with Crippen LogP contribution in [0.15, 0.2) is 33.3 Å². The van der Waals surface area contributed by atoms with E-state index >= 15 is 0 Å². The molecule has 1 aromatic carbocycles.